The van der Waals surface area contributed by atoms with Crippen LogP contribution in [0.3, 0.4) is 0 Å². The molecule has 32 heavy (non-hydrogen) atoms. The fourth-order valence-corrected chi connectivity index (χ4v) is 4.24. The van der Waals surface area contributed by atoms with Crippen LogP contribution in [0.5, 0.6) is 0 Å². The number of benzene rings is 2. The lowest BCUT2D eigenvalue weighted by Gasteiger charge is -2.40. The van der Waals surface area contributed by atoms with Crippen molar-refractivity contribution in [3.05, 3.63) is 70.9 Å². The van der Waals surface area contributed by atoms with E-state index < -0.39 is 11.9 Å². The molecule has 0 atom stereocenters. The predicted octanol–water partition coefficient (Wildman–Crippen LogP) is 4.47. The van der Waals surface area contributed by atoms with Gasteiger partial charge in [0, 0.05) is 67.1 Å². The number of nitrogens with one attached hydrogen (secondary N) is 2. The van der Waals surface area contributed by atoms with Crippen molar-refractivity contribution >= 4 is 28.9 Å². The Morgan fingerprint density at radius 3 is 2.44 bits per heavy atom. The van der Waals surface area contributed by atoms with Gasteiger partial charge in [-0.1, -0.05) is 18.2 Å². The van der Waals surface area contributed by atoms with Crippen LogP contribution in [0, 0.1) is 12.3 Å². The monoisotopic (exact) mass is 441 g/mol. The number of alkyl halides is 3. The van der Waals surface area contributed by atoms with E-state index in [4.69, 9.17) is 11.1 Å². The number of aryl methyl sites for hydroxylation is 1. The van der Waals surface area contributed by atoms with Crippen LogP contribution in [-0.2, 0) is 0 Å². The highest BCUT2D eigenvalue weighted by atomic mass is 19.4. The van der Waals surface area contributed by atoms with Crippen molar-refractivity contribution in [1.82, 2.24) is 4.90 Å². The fourth-order valence-electron chi connectivity index (χ4n) is 4.24. The van der Waals surface area contributed by atoms with Crippen molar-refractivity contribution in [3.8, 4) is 0 Å². The highest BCUT2D eigenvalue weighted by molar-refractivity contribution is 6.10. The number of fused-ring (bicyclic) bond motifs is 1. The highest BCUT2D eigenvalue weighted by Gasteiger charge is 2.34. The van der Waals surface area contributed by atoms with E-state index in [0.29, 0.717) is 12.8 Å². The fraction of sp³-hybridized carbons (Fsp3) is 0.292. The zero-order valence-electron chi connectivity index (χ0n) is 17.8. The summed E-state index contributed by atoms with van der Waals surface area (Å²) in [6, 6.07) is 13.5. The smallest absolute Gasteiger partial charge is 0.394 e. The Balaban J connectivity index is 1.59. The minimum Gasteiger partial charge on any atom is -0.394 e. The maximum atomic E-state index is 13.2. The first-order valence-corrected chi connectivity index (χ1v) is 10.5. The number of nitrogens with two attached hydrogens (primary N) is 1. The third-order valence-corrected chi connectivity index (χ3v) is 5.92. The molecule has 8 heteroatoms. The summed E-state index contributed by atoms with van der Waals surface area (Å²) in [7, 11) is 0. The van der Waals surface area contributed by atoms with E-state index in [1.165, 1.54) is 11.3 Å². The molecule has 2 aliphatic rings. The normalized spacial score (nSPS) is 17.2. The van der Waals surface area contributed by atoms with Crippen molar-refractivity contribution in [2.24, 2.45) is 5.73 Å². The first-order chi connectivity index (χ1) is 15.3. The second-order valence-corrected chi connectivity index (χ2v) is 8.01. The zero-order chi connectivity index (χ0) is 22.9. The summed E-state index contributed by atoms with van der Waals surface area (Å²) in [5, 5.41) is 10.8. The van der Waals surface area contributed by atoms with Crippen molar-refractivity contribution in [2.45, 2.75) is 13.1 Å². The molecular weight excluding hydrogens is 415 g/mol. The third-order valence-electron chi connectivity index (χ3n) is 5.92. The molecule has 0 aromatic heterocycles. The van der Waals surface area contributed by atoms with E-state index in [0.717, 1.165) is 43.1 Å². The summed E-state index contributed by atoms with van der Waals surface area (Å²) < 4.78 is 39.5. The Kier molecular flexibility index (Phi) is 5.86. The number of rotatable bonds is 4. The van der Waals surface area contributed by atoms with Crippen molar-refractivity contribution in [1.29, 1.82) is 5.41 Å². The first kappa shape index (κ1) is 21.8. The van der Waals surface area contributed by atoms with Gasteiger partial charge in [0.2, 0.25) is 0 Å². The second kappa shape index (κ2) is 8.61. The predicted molar refractivity (Wildman–Crippen MR) is 124 cm³/mol. The number of anilines is 2. The largest absolute Gasteiger partial charge is 0.431 e. The topological polar surface area (TPSA) is 68.4 Å². The number of piperazine rings is 1. The van der Waals surface area contributed by atoms with Crippen molar-refractivity contribution in [3.63, 3.8) is 0 Å². The lowest BCUT2D eigenvalue weighted by atomic mass is 9.96. The molecular formula is C24H26F3N5. The Labute approximate surface area is 185 Å². The zero-order valence-corrected chi connectivity index (χ0v) is 17.8. The minimum atomic E-state index is -4.69. The summed E-state index contributed by atoms with van der Waals surface area (Å²) in [5.41, 5.74) is 9.14. The van der Waals surface area contributed by atoms with Gasteiger partial charge < -0.3 is 26.3 Å². The molecule has 2 aromatic carbocycles. The van der Waals surface area contributed by atoms with Crippen molar-refractivity contribution < 1.29 is 13.2 Å². The van der Waals surface area contributed by atoms with Gasteiger partial charge >= 0.3 is 6.18 Å². The molecule has 0 aliphatic carbocycles. The van der Waals surface area contributed by atoms with Crippen LogP contribution in [0.1, 0.15) is 16.7 Å². The Morgan fingerprint density at radius 1 is 1.06 bits per heavy atom. The molecule has 4 N–H and O–H groups in total. The number of allylic oxidation sites excluding steroid dienone is 2. The lowest BCUT2D eigenvalue weighted by Crippen LogP contribution is -2.46. The quantitative estimate of drug-likeness (QED) is 0.613. The van der Waals surface area contributed by atoms with E-state index in [1.54, 1.807) is 18.2 Å². The van der Waals surface area contributed by atoms with Crippen LogP contribution in [0.4, 0.5) is 24.5 Å². The Bertz CT molecular complexity index is 1080. The summed E-state index contributed by atoms with van der Waals surface area (Å²) >= 11 is 0. The molecule has 1 saturated heterocycles. The van der Waals surface area contributed by atoms with Crippen LogP contribution < -0.4 is 16.0 Å². The number of halogens is 3. The van der Waals surface area contributed by atoms with Gasteiger partial charge in [-0.05, 0) is 48.4 Å². The molecule has 0 spiro atoms. The molecule has 168 valence electrons. The average Bonchev–Trinajstić information content (AvgIpc) is 2.78. The molecule has 0 amide bonds. The SMILES string of the molecule is Cc1cccc(N2CCN(C3=CCNc4ccc(C(C=N)=C(N)C(F)(F)F)cc43)CC2)c1. The maximum Gasteiger partial charge on any atom is 0.431 e. The summed E-state index contributed by atoms with van der Waals surface area (Å²) in [6.07, 6.45) is -1.95. The summed E-state index contributed by atoms with van der Waals surface area (Å²) in [4.78, 5) is 4.62. The maximum absolute atomic E-state index is 13.2. The van der Waals surface area contributed by atoms with Gasteiger partial charge in [0.15, 0.2) is 0 Å². The molecule has 0 radical (unpaired) electrons. The van der Waals surface area contributed by atoms with Crippen LogP contribution in [0.2, 0.25) is 0 Å². The van der Waals surface area contributed by atoms with Gasteiger partial charge in [-0.2, -0.15) is 13.2 Å². The molecule has 0 bridgehead atoms. The lowest BCUT2D eigenvalue weighted by molar-refractivity contribution is -0.0918. The van der Waals surface area contributed by atoms with Gasteiger partial charge in [0.1, 0.15) is 5.70 Å². The van der Waals surface area contributed by atoms with Gasteiger partial charge in [0.25, 0.3) is 0 Å². The van der Waals surface area contributed by atoms with Gasteiger partial charge in [-0.3, -0.25) is 0 Å². The number of hydrogen-bond donors (Lipinski definition) is 3. The molecule has 5 nitrogen and oxygen atoms in total. The van der Waals surface area contributed by atoms with E-state index >= 15 is 0 Å². The molecule has 0 unspecified atom stereocenters. The van der Waals surface area contributed by atoms with E-state index in [9.17, 15) is 13.2 Å². The second-order valence-electron chi connectivity index (χ2n) is 8.01. The van der Waals surface area contributed by atoms with Gasteiger partial charge in [0.05, 0.1) is 0 Å². The van der Waals surface area contributed by atoms with Crippen molar-refractivity contribution in [2.75, 3.05) is 42.9 Å². The first-order valence-electron chi connectivity index (χ1n) is 10.5. The van der Waals surface area contributed by atoms with E-state index in [1.807, 2.05) is 0 Å². The Hall–Kier alpha value is -3.42. The third kappa shape index (κ3) is 4.30. The molecule has 2 aromatic rings. The molecule has 0 saturated carbocycles. The molecule has 2 heterocycles. The number of hydrogen-bond acceptors (Lipinski definition) is 5. The van der Waals surface area contributed by atoms with Crippen LogP contribution in [0.25, 0.3) is 11.3 Å². The molecule has 2 aliphatic heterocycles. The van der Waals surface area contributed by atoms with Gasteiger partial charge in [-0.15, -0.1) is 0 Å². The number of nitrogens with zero attached hydrogens (tertiary/aromatic N) is 2. The molecule has 1 fully saturated rings. The minimum absolute atomic E-state index is 0.279. The standard InChI is InChI=1S/C24H26F3N5/c1-16-3-2-4-18(13-16)31-9-11-32(12-10-31)22-7-8-30-21-6-5-17(14-19(21)22)20(15-28)23(29)24(25,26)27/h2-7,13-15,28,30H,8-12,29H2,1H3. The van der Waals surface area contributed by atoms with Gasteiger partial charge in [-0.25, -0.2) is 0 Å². The Morgan fingerprint density at radius 2 is 1.78 bits per heavy atom. The van der Waals surface area contributed by atoms with Crippen LogP contribution in [-0.4, -0.2) is 50.0 Å². The average molecular weight is 442 g/mol. The van der Waals surface area contributed by atoms with Crippen LogP contribution in [0.15, 0.2) is 54.2 Å². The van der Waals surface area contributed by atoms with E-state index in [-0.39, 0.29) is 11.1 Å². The highest BCUT2D eigenvalue weighted by Crippen LogP contribution is 2.35. The summed E-state index contributed by atoms with van der Waals surface area (Å²) in [5.74, 6) is 0. The van der Waals surface area contributed by atoms with E-state index in [2.05, 4.69) is 52.4 Å². The van der Waals surface area contributed by atoms with Crippen LogP contribution >= 0.6 is 0 Å². The molecule has 4 rings (SSSR count). The summed E-state index contributed by atoms with van der Waals surface area (Å²) in [6.45, 7) is 6.06.